The third-order valence-electron chi connectivity index (χ3n) is 7.60. The van der Waals surface area contributed by atoms with E-state index < -0.39 is 15.8 Å². The first-order valence-corrected chi connectivity index (χ1v) is 16.6. The van der Waals surface area contributed by atoms with Crippen LogP contribution in [-0.4, -0.2) is 58.8 Å². The molecule has 1 fully saturated rings. The number of halogens is 3. The summed E-state index contributed by atoms with van der Waals surface area (Å²) in [6.07, 6.45) is 6.67. The van der Waals surface area contributed by atoms with Crippen molar-refractivity contribution in [3.8, 4) is 17.2 Å². The second-order valence-electron chi connectivity index (χ2n) is 10.6. The molecule has 1 N–H and O–H groups in total. The number of benzene rings is 3. The number of hydrogen-bond acceptors (Lipinski definition) is 7. The van der Waals surface area contributed by atoms with Crippen LogP contribution in [-0.2, 0) is 16.4 Å². The molecule has 0 unspecified atom stereocenters. The quantitative estimate of drug-likeness (QED) is 0.159. The fraction of sp³-hybridized carbons (Fsp3) is 0.344. The first-order chi connectivity index (χ1) is 21.2. The number of hydrogen-bond donors (Lipinski definition) is 1. The molecule has 3 aromatic carbocycles. The van der Waals surface area contributed by atoms with Crippen molar-refractivity contribution in [1.82, 2.24) is 9.88 Å². The van der Waals surface area contributed by atoms with E-state index >= 15 is 4.39 Å². The molecule has 0 aliphatic carbocycles. The number of piperidine rings is 1. The van der Waals surface area contributed by atoms with Crippen LogP contribution >= 0.6 is 23.2 Å². The van der Waals surface area contributed by atoms with E-state index in [0.717, 1.165) is 43.1 Å². The van der Waals surface area contributed by atoms with E-state index in [2.05, 4.69) is 14.6 Å². The van der Waals surface area contributed by atoms with Gasteiger partial charge in [-0.2, -0.15) is 0 Å². The van der Waals surface area contributed by atoms with Crippen molar-refractivity contribution in [2.45, 2.75) is 37.0 Å². The Balaban J connectivity index is 1.31. The summed E-state index contributed by atoms with van der Waals surface area (Å²) in [7, 11) is -1.31. The summed E-state index contributed by atoms with van der Waals surface area (Å²) >= 11 is 12.1. The van der Waals surface area contributed by atoms with E-state index in [1.807, 2.05) is 18.2 Å². The number of aromatic nitrogens is 1. The van der Waals surface area contributed by atoms with Crippen molar-refractivity contribution in [3.63, 3.8) is 0 Å². The zero-order valence-electron chi connectivity index (χ0n) is 24.5. The Kier molecular flexibility index (Phi) is 10.4. The van der Waals surface area contributed by atoms with Gasteiger partial charge >= 0.3 is 0 Å². The topological polar surface area (TPSA) is 90.0 Å². The van der Waals surface area contributed by atoms with Crippen LogP contribution in [0.1, 0.15) is 36.8 Å². The summed E-state index contributed by atoms with van der Waals surface area (Å²) < 4.78 is 60.8. The molecule has 1 aliphatic heterocycles. The fourth-order valence-corrected chi connectivity index (χ4v) is 7.35. The number of likely N-dealkylation sites (tertiary alicyclic amines) is 1. The van der Waals surface area contributed by atoms with Crippen molar-refractivity contribution < 1.29 is 27.0 Å². The van der Waals surface area contributed by atoms with Gasteiger partial charge in [-0.3, -0.25) is 9.71 Å². The maximum absolute atomic E-state index is 15.3. The summed E-state index contributed by atoms with van der Waals surface area (Å²) in [6.45, 7) is 3.88. The molecule has 8 nitrogen and oxygen atoms in total. The largest absolute Gasteiger partial charge is 0.494 e. The van der Waals surface area contributed by atoms with Gasteiger partial charge in [0.05, 0.1) is 37.1 Å². The van der Waals surface area contributed by atoms with Crippen LogP contribution in [0.5, 0.6) is 17.2 Å². The SMILES string of the molecule is COc1cc2c(Cc3ccc(NS(=O)(=O)c4cc(Cl)cc(Cl)c4OC)cc3F)ccnc2cc1OCCCN1CCCCC1. The summed E-state index contributed by atoms with van der Waals surface area (Å²) in [5, 5.41) is 0.958. The number of nitrogens with zero attached hydrogens (tertiary/aromatic N) is 2. The van der Waals surface area contributed by atoms with Crippen LogP contribution in [0.3, 0.4) is 0 Å². The lowest BCUT2D eigenvalue weighted by Crippen LogP contribution is -2.31. The molecule has 0 radical (unpaired) electrons. The van der Waals surface area contributed by atoms with Crippen LogP contribution < -0.4 is 18.9 Å². The minimum Gasteiger partial charge on any atom is -0.494 e. The minimum atomic E-state index is -4.19. The van der Waals surface area contributed by atoms with Crippen molar-refractivity contribution in [2.24, 2.45) is 0 Å². The van der Waals surface area contributed by atoms with Gasteiger partial charge in [-0.1, -0.05) is 35.7 Å². The Bertz CT molecular complexity index is 1750. The average molecular weight is 663 g/mol. The Hall–Kier alpha value is -3.31. The molecule has 1 aliphatic rings. The lowest BCUT2D eigenvalue weighted by Gasteiger charge is -2.26. The molecule has 1 saturated heterocycles. The second-order valence-corrected chi connectivity index (χ2v) is 13.1. The van der Waals surface area contributed by atoms with Gasteiger partial charge in [0.2, 0.25) is 0 Å². The standard InChI is InChI=1S/C32H34Cl2FN3O5S/c1-41-29-19-25-21(9-10-36-28(25)20-30(29)43-14-6-13-38-11-4-3-5-12-38)15-22-7-8-24(18-27(22)35)37-44(39,40)31-17-23(33)16-26(34)32(31)42-2/h7-10,16-20,37H,3-6,11-15H2,1-2H3. The predicted molar refractivity (Wildman–Crippen MR) is 172 cm³/mol. The maximum Gasteiger partial charge on any atom is 0.265 e. The third kappa shape index (κ3) is 7.48. The Morgan fingerprint density at radius 2 is 1.75 bits per heavy atom. The summed E-state index contributed by atoms with van der Waals surface area (Å²) in [6, 6.07) is 12.3. The van der Waals surface area contributed by atoms with E-state index in [1.165, 1.54) is 44.6 Å². The summed E-state index contributed by atoms with van der Waals surface area (Å²) in [5.41, 5.74) is 1.94. The molecule has 2 heterocycles. The lowest BCUT2D eigenvalue weighted by atomic mass is 10.00. The number of methoxy groups -OCH3 is 2. The molecular formula is C32H34Cl2FN3O5S. The van der Waals surface area contributed by atoms with Gasteiger partial charge in [0.25, 0.3) is 10.0 Å². The van der Waals surface area contributed by atoms with Crippen LogP contribution in [0, 0.1) is 5.82 Å². The number of sulfonamides is 1. The first kappa shape index (κ1) is 32.1. The molecule has 0 bridgehead atoms. The van der Waals surface area contributed by atoms with Crippen molar-refractivity contribution in [3.05, 3.63) is 81.7 Å². The highest BCUT2D eigenvalue weighted by molar-refractivity contribution is 7.92. The zero-order valence-corrected chi connectivity index (χ0v) is 26.9. The molecular weight excluding hydrogens is 628 g/mol. The monoisotopic (exact) mass is 661 g/mol. The van der Waals surface area contributed by atoms with Crippen molar-refractivity contribution in [1.29, 1.82) is 0 Å². The van der Waals surface area contributed by atoms with E-state index in [9.17, 15) is 8.42 Å². The minimum absolute atomic E-state index is 0.0349. The summed E-state index contributed by atoms with van der Waals surface area (Å²) in [5.74, 6) is 0.550. The Morgan fingerprint density at radius 3 is 2.48 bits per heavy atom. The van der Waals surface area contributed by atoms with Gasteiger partial charge in [0, 0.05) is 35.6 Å². The van der Waals surface area contributed by atoms with Crippen LogP contribution in [0.25, 0.3) is 10.9 Å². The van der Waals surface area contributed by atoms with Crippen LogP contribution in [0.15, 0.2) is 59.6 Å². The van der Waals surface area contributed by atoms with Crippen molar-refractivity contribution in [2.75, 3.05) is 45.2 Å². The van der Waals surface area contributed by atoms with Crippen molar-refractivity contribution >= 4 is 49.8 Å². The predicted octanol–water partition coefficient (Wildman–Crippen LogP) is 7.34. The van der Waals surface area contributed by atoms with Gasteiger partial charge in [0.1, 0.15) is 10.7 Å². The molecule has 5 rings (SSSR count). The normalized spacial score (nSPS) is 14.0. The Labute approximate surface area is 267 Å². The highest BCUT2D eigenvalue weighted by Gasteiger charge is 2.23. The number of rotatable bonds is 12. The number of anilines is 1. The van der Waals surface area contributed by atoms with E-state index in [-0.39, 0.29) is 32.8 Å². The van der Waals surface area contributed by atoms with Gasteiger partial charge < -0.3 is 19.1 Å². The highest BCUT2D eigenvalue weighted by atomic mass is 35.5. The molecule has 0 saturated carbocycles. The van der Waals surface area contributed by atoms with Crippen LogP contribution in [0.4, 0.5) is 10.1 Å². The van der Waals surface area contributed by atoms with E-state index in [1.54, 1.807) is 19.4 Å². The fourth-order valence-electron chi connectivity index (χ4n) is 5.39. The van der Waals surface area contributed by atoms with Crippen LogP contribution in [0.2, 0.25) is 10.0 Å². The smallest absolute Gasteiger partial charge is 0.265 e. The lowest BCUT2D eigenvalue weighted by molar-refractivity contribution is 0.203. The van der Waals surface area contributed by atoms with Gasteiger partial charge in [-0.25, -0.2) is 12.8 Å². The van der Waals surface area contributed by atoms with Gasteiger partial charge in [-0.05, 0) is 79.9 Å². The molecule has 234 valence electrons. The molecule has 1 aromatic heterocycles. The van der Waals surface area contributed by atoms with Gasteiger partial charge in [-0.15, -0.1) is 0 Å². The second kappa shape index (κ2) is 14.2. The molecule has 12 heteroatoms. The van der Waals surface area contributed by atoms with Gasteiger partial charge in [0.15, 0.2) is 17.2 Å². The number of pyridine rings is 1. The molecule has 4 aromatic rings. The van der Waals surface area contributed by atoms with E-state index in [0.29, 0.717) is 29.2 Å². The highest BCUT2D eigenvalue weighted by Crippen LogP contribution is 2.37. The maximum atomic E-state index is 15.3. The zero-order chi connectivity index (χ0) is 31.3. The molecule has 0 spiro atoms. The number of nitrogens with one attached hydrogen (secondary N) is 1. The molecule has 44 heavy (non-hydrogen) atoms. The average Bonchev–Trinajstić information content (AvgIpc) is 3.00. The number of ether oxygens (including phenoxy) is 3. The third-order valence-corrected chi connectivity index (χ3v) is 9.48. The Morgan fingerprint density at radius 1 is 0.955 bits per heavy atom. The number of fused-ring (bicyclic) bond motifs is 1. The first-order valence-electron chi connectivity index (χ1n) is 14.3. The summed E-state index contributed by atoms with van der Waals surface area (Å²) in [4.78, 5) is 6.73. The molecule has 0 atom stereocenters. The molecule has 0 amide bonds. The van der Waals surface area contributed by atoms with E-state index in [4.69, 9.17) is 37.4 Å².